The van der Waals surface area contributed by atoms with Crippen LogP contribution in [0.1, 0.15) is 36.3 Å². The monoisotopic (exact) mass is 272 g/mol. The minimum Gasteiger partial charge on any atom is -0.381 e. The van der Waals surface area contributed by atoms with Crippen molar-refractivity contribution in [1.29, 1.82) is 0 Å². The molecule has 0 aliphatic carbocycles. The van der Waals surface area contributed by atoms with Crippen LogP contribution in [-0.4, -0.2) is 32.8 Å². The third kappa shape index (κ3) is 2.13. The van der Waals surface area contributed by atoms with Gasteiger partial charge in [0.05, 0.1) is 0 Å². The van der Waals surface area contributed by atoms with Crippen molar-refractivity contribution >= 4 is 5.69 Å². The Balaban J connectivity index is 1.72. The zero-order valence-corrected chi connectivity index (χ0v) is 12.1. The van der Waals surface area contributed by atoms with Crippen molar-refractivity contribution in [2.75, 3.05) is 37.7 Å². The van der Waals surface area contributed by atoms with Crippen molar-refractivity contribution in [1.82, 2.24) is 5.32 Å². The largest absolute Gasteiger partial charge is 0.381 e. The first-order chi connectivity index (χ1) is 9.93. The first-order valence-electron chi connectivity index (χ1n) is 8.08. The molecule has 1 aromatic rings. The summed E-state index contributed by atoms with van der Waals surface area (Å²) in [6.45, 7) is 6.44. The lowest BCUT2D eigenvalue weighted by Gasteiger charge is -2.40. The molecule has 1 fully saturated rings. The van der Waals surface area contributed by atoms with Crippen LogP contribution in [0.25, 0.3) is 0 Å². The molecule has 0 bridgehead atoms. The Hall–Kier alpha value is -1.06. The van der Waals surface area contributed by atoms with Crippen LogP contribution in [0.4, 0.5) is 5.69 Å². The molecule has 1 atom stereocenters. The van der Waals surface area contributed by atoms with Crippen LogP contribution in [0, 0.1) is 5.92 Å². The number of rotatable bonds is 1. The third-order valence-corrected chi connectivity index (χ3v) is 5.29. The van der Waals surface area contributed by atoms with Gasteiger partial charge in [-0.2, -0.15) is 0 Å². The molecule has 1 N–H and O–H groups in total. The molecule has 3 aliphatic heterocycles. The van der Waals surface area contributed by atoms with Crippen LogP contribution in [0.15, 0.2) is 18.2 Å². The zero-order chi connectivity index (χ0) is 13.4. The second-order valence-electron chi connectivity index (χ2n) is 6.36. The number of hydrogen-bond acceptors (Lipinski definition) is 3. The average Bonchev–Trinajstić information content (AvgIpc) is 2.73. The second kappa shape index (κ2) is 5.38. The van der Waals surface area contributed by atoms with E-state index in [9.17, 15) is 0 Å². The molecule has 20 heavy (non-hydrogen) atoms. The lowest BCUT2D eigenvalue weighted by Crippen LogP contribution is -2.36. The molecule has 0 saturated carbocycles. The zero-order valence-electron chi connectivity index (χ0n) is 12.1. The summed E-state index contributed by atoms with van der Waals surface area (Å²) < 4.78 is 5.56. The number of nitrogens with zero attached hydrogens (tertiary/aromatic N) is 1. The van der Waals surface area contributed by atoms with E-state index >= 15 is 0 Å². The molecule has 0 aromatic heterocycles. The Bertz CT molecular complexity index is 482. The van der Waals surface area contributed by atoms with Crippen LogP contribution in [0.5, 0.6) is 0 Å². The van der Waals surface area contributed by atoms with Crippen molar-refractivity contribution in [3.63, 3.8) is 0 Å². The van der Waals surface area contributed by atoms with Gasteiger partial charge in [0.15, 0.2) is 0 Å². The molecule has 108 valence electrons. The Morgan fingerprint density at radius 1 is 1.10 bits per heavy atom. The molecule has 3 nitrogen and oxygen atoms in total. The fraction of sp³-hybridized carbons (Fsp3) is 0.647. The van der Waals surface area contributed by atoms with E-state index in [2.05, 4.69) is 28.4 Å². The van der Waals surface area contributed by atoms with E-state index in [4.69, 9.17) is 4.74 Å². The van der Waals surface area contributed by atoms with E-state index < -0.39 is 0 Å². The van der Waals surface area contributed by atoms with E-state index in [1.807, 2.05) is 0 Å². The predicted octanol–water partition coefficient (Wildman–Crippen LogP) is 2.51. The van der Waals surface area contributed by atoms with Crippen molar-refractivity contribution in [3.8, 4) is 0 Å². The first kappa shape index (κ1) is 12.7. The Kier molecular flexibility index (Phi) is 3.41. The first-order valence-corrected chi connectivity index (χ1v) is 8.08. The van der Waals surface area contributed by atoms with Gasteiger partial charge in [-0.25, -0.2) is 0 Å². The van der Waals surface area contributed by atoms with Gasteiger partial charge in [0.25, 0.3) is 0 Å². The molecular formula is C17H24N2O. The number of benzene rings is 1. The van der Waals surface area contributed by atoms with Gasteiger partial charge in [0, 0.05) is 45.1 Å². The highest BCUT2D eigenvalue weighted by molar-refractivity contribution is 5.63. The highest BCUT2D eigenvalue weighted by Gasteiger charge is 2.33. The summed E-state index contributed by atoms with van der Waals surface area (Å²) in [6.07, 6.45) is 3.81. The minimum absolute atomic E-state index is 0.753. The number of anilines is 1. The molecule has 4 rings (SSSR count). The van der Waals surface area contributed by atoms with Gasteiger partial charge in [-0.3, -0.25) is 0 Å². The maximum absolute atomic E-state index is 5.56. The Morgan fingerprint density at radius 3 is 2.90 bits per heavy atom. The van der Waals surface area contributed by atoms with E-state index in [0.717, 1.165) is 44.7 Å². The average molecular weight is 272 g/mol. The molecule has 1 unspecified atom stereocenters. The fourth-order valence-corrected chi connectivity index (χ4v) is 4.27. The highest BCUT2D eigenvalue weighted by atomic mass is 16.5. The lowest BCUT2D eigenvalue weighted by molar-refractivity contribution is 0.0565. The van der Waals surface area contributed by atoms with Gasteiger partial charge in [-0.1, -0.05) is 18.2 Å². The molecule has 1 saturated heterocycles. The maximum atomic E-state index is 5.56. The standard InChI is InChI=1S/C17H24N2O/c1-2-14-12-18-7-9-19-8-4-15(16(3-1)17(14)19)13-5-10-20-11-6-13/h1-3,13,15,18H,4-12H2. The smallest absolute Gasteiger partial charge is 0.0468 e. The molecule has 0 radical (unpaired) electrons. The van der Waals surface area contributed by atoms with Gasteiger partial charge in [-0.05, 0) is 42.2 Å². The number of para-hydroxylation sites is 1. The summed E-state index contributed by atoms with van der Waals surface area (Å²) in [7, 11) is 0. The molecule has 0 amide bonds. The topological polar surface area (TPSA) is 24.5 Å². The number of ether oxygens (including phenoxy) is 1. The summed E-state index contributed by atoms with van der Waals surface area (Å²) in [5.41, 5.74) is 4.67. The summed E-state index contributed by atoms with van der Waals surface area (Å²) >= 11 is 0. The molecule has 3 heteroatoms. The van der Waals surface area contributed by atoms with Crippen molar-refractivity contribution in [2.45, 2.75) is 31.7 Å². The number of nitrogens with one attached hydrogen (secondary N) is 1. The maximum Gasteiger partial charge on any atom is 0.0468 e. The van der Waals surface area contributed by atoms with E-state index in [-0.39, 0.29) is 0 Å². The predicted molar refractivity (Wildman–Crippen MR) is 81.3 cm³/mol. The van der Waals surface area contributed by atoms with Crippen LogP contribution < -0.4 is 10.2 Å². The molecule has 3 aliphatic rings. The van der Waals surface area contributed by atoms with Gasteiger partial charge in [-0.15, -0.1) is 0 Å². The van der Waals surface area contributed by atoms with Crippen LogP contribution in [0.2, 0.25) is 0 Å². The normalized spacial score (nSPS) is 27.0. The summed E-state index contributed by atoms with van der Waals surface area (Å²) in [5.74, 6) is 1.58. The van der Waals surface area contributed by atoms with Crippen molar-refractivity contribution in [3.05, 3.63) is 29.3 Å². The summed E-state index contributed by atoms with van der Waals surface area (Å²) in [5, 5.41) is 3.56. The third-order valence-electron chi connectivity index (χ3n) is 5.29. The molecule has 1 aromatic carbocycles. The van der Waals surface area contributed by atoms with E-state index in [1.54, 1.807) is 11.3 Å². The summed E-state index contributed by atoms with van der Waals surface area (Å²) in [6, 6.07) is 6.95. The minimum atomic E-state index is 0.753. The van der Waals surface area contributed by atoms with Gasteiger partial charge < -0.3 is 15.0 Å². The van der Waals surface area contributed by atoms with E-state index in [0.29, 0.717) is 0 Å². The fourth-order valence-electron chi connectivity index (χ4n) is 4.27. The van der Waals surface area contributed by atoms with Gasteiger partial charge >= 0.3 is 0 Å². The van der Waals surface area contributed by atoms with Crippen LogP contribution >= 0.6 is 0 Å². The Labute approximate surface area is 121 Å². The Morgan fingerprint density at radius 2 is 2.00 bits per heavy atom. The van der Waals surface area contributed by atoms with Gasteiger partial charge in [0.2, 0.25) is 0 Å². The molecular weight excluding hydrogens is 248 g/mol. The van der Waals surface area contributed by atoms with E-state index in [1.165, 1.54) is 31.4 Å². The second-order valence-corrected chi connectivity index (χ2v) is 6.36. The summed E-state index contributed by atoms with van der Waals surface area (Å²) in [4.78, 5) is 2.61. The quantitative estimate of drug-likeness (QED) is 0.850. The molecule has 0 spiro atoms. The van der Waals surface area contributed by atoms with Crippen molar-refractivity contribution in [2.24, 2.45) is 5.92 Å². The highest BCUT2D eigenvalue weighted by Crippen LogP contribution is 2.44. The van der Waals surface area contributed by atoms with Crippen LogP contribution in [0.3, 0.4) is 0 Å². The van der Waals surface area contributed by atoms with Crippen molar-refractivity contribution < 1.29 is 4.74 Å². The van der Waals surface area contributed by atoms with Gasteiger partial charge in [0.1, 0.15) is 0 Å². The molecule has 3 heterocycles. The number of hydrogen-bond donors (Lipinski definition) is 1. The SMILES string of the molecule is c1cc2c3c(c1)C(C1CCOCC1)CCN3CCNC2. The van der Waals surface area contributed by atoms with Crippen LogP contribution in [-0.2, 0) is 11.3 Å². The lowest BCUT2D eigenvalue weighted by atomic mass is 9.76.